The summed E-state index contributed by atoms with van der Waals surface area (Å²) in [6.07, 6.45) is 2.38. The van der Waals surface area contributed by atoms with E-state index in [4.69, 9.17) is 15.2 Å². The number of likely N-dealkylation sites (tertiary alicyclic amines) is 1. The van der Waals surface area contributed by atoms with Crippen molar-refractivity contribution in [3.63, 3.8) is 0 Å². The summed E-state index contributed by atoms with van der Waals surface area (Å²) in [6, 6.07) is 7.56. The van der Waals surface area contributed by atoms with E-state index in [1.54, 1.807) is 6.92 Å². The molecule has 23 heavy (non-hydrogen) atoms. The number of nitrogens with two attached hydrogens (primary N) is 1. The summed E-state index contributed by atoms with van der Waals surface area (Å²) in [4.78, 5) is 14.4. The van der Waals surface area contributed by atoms with Gasteiger partial charge in [0.05, 0.1) is 10.6 Å². The highest BCUT2D eigenvalue weighted by Gasteiger charge is 2.27. The molecule has 0 radical (unpaired) electrons. The molecule has 1 aromatic rings. The molecule has 0 saturated carbocycles. The number of hydrogen-bond donors (Lipinski definition) is 1. The molecule has 0 aromatic heterocycles. The number of ether oxygens (including phenoxy) is 2. The number of piperidine rings is 1. The fourth-order valence-corrected chi connectivity index (χ4v) is 2.99. The van der Waals surface area contributed by atoms with Gasteiger partial charge in [-0.2, -0.15) is 0 Å². The fraction of sp³-hybridized carbons (Fsp3) is 0.588. The van der Waals surface area contributed by atoms with Crippen molar-refractivity contribution in [1.82, 2.24) is 4.90 Å². The first-order valence-electron chi connectivity index (χ1n) is 8.13. The molecule has 0 spiro atoms. The number of rotatable bonds is 7. The van der Waals surface area contributed by atoms with Crippen molar-refractivity contribution in [3.8, 4) is 5.75 Å². The minimum absolute atomic E-state index is 0.0289. The van der Waals surface area contributed by atoms with Crippen LogP contribution < -0.4 is 10.5 Å². The molecular weight excluding hydrogens is 360 g/mol. The topological polar surface area (TPSA) is 64.8 Å². The van der Waals surface area contributed by atoms with Gasteiger partial charge in [-0.1, -0.05) is 12.1 Å². The van der Waals surface area contributed by atoms with Crippen molar-refractivity contribution in [3.05, 3.63) is 28.7 Å². The molecule has 5 nitrogen and oxygen atoms in total. The van der Waals surface area contributed by atoms with Crippen molar-refractivity contribution < 1.29 is 14.3 Å². The lowest BCUT2D eigenvalue weighted by Crippen LogP contribution is -2.46. The Morgan fingerprint density at radius 3 is 2.74 bits per heavy atom. The maximum Gasteiger partial charge on any atom is 0.263 e. The van der Waals surface area contributed by atoms with E-state index in [9.17, 15) is 4.79 Å². The predicted octanol–water partition coefficient (Wildman–Crippen LogP) is 2.57. The number of carbonyl (C=O) groups excluding carboxylic acids is 1. The zero-order valence-corrected chi connectivity index (χ0v) is 15.1. The molecule has 2 N–H and O–H groups in total. The van der Waals surface area contributed by atoms with E-state index in [0.29, 0.717) is 18.9 Å². The Balaban J connectivity index is 1.79. The van der Waals surface area contributed by atoms with Crippen molar-refractivity contribution in [1.29, 1.82) is 0 Å². The summed E-state index contributed by atoms with van der Waals surface area (Å²) >= 11 is 3.43. The monoisotopic (exact) mass is 384 g/mol. The third-order valence-corrected chi connectivity index (χ3v) is 4.60. The molecule has 1 aliphatic rings. The summed E-state index contributed by atoms with van der Waals surface area (Å²) in [7, 11) is 0. The van der Waals surface area contributed by atoms with Gasteiger partial charge < -0.3 is 20.1 Å². The highest BCUT2D eigenvalue weighted by molar-refractivity contribution is 9.10. The zero-order valence-electron chi connectivity index (χ0n) is 13.5. The number of carbonyl (C=O) groups is 1. The van der Waals surface area contributed by atoms with Crippen molar-refractivity contribution in [2.45, 2.75) is 38.4 Å². The van der Waals surface area contributed by atoms with Crippen LogP contribution in [0.5, 0.6) is 5.75 Å². The van der Waals surface area contributed by atoms with Gasteiger partial charge in [0, 0.05) is 19.7 Å². The summed E-state index contributed by atoms with van der Waals surface area (Å²) < 4.78 is 12.4. The Labute approximate surface area is 146 Å². The molecule has 1 unspecified atom stereocenters. The van der Waals surface area contributed by atoms with Gasteiger partial charge in [0.25, 0.3) is 5.91 Å². The third kappa shape index (κ3) is 5.48. The Morgan fingerprint density at radius 2 is 2.09 bits per heavy atom. The second-order valence-electron chi connectivity index (χ2n) is 5.73. The fourth-order valence-electron chi connectivity index (χ4n) is 2.61. The van der Waals surface area contributed by atoms with Gasteiger partial charge in [-0.25, -0.2) is 0 Å². The maximum absolute atomic E-state index is 12.5. The lowest BCUT2D eigenvalue weighted by molar-refractivity contribution is -0.140. The number of nitrogens with zero attached hydrogens (tertiary/aromatic N) is 1. The third-order valence-electron chi connectivity index (χ3n) is 3.94. The van der Waals surface area contributed by atoms with Crippen LogP contribution in [0.25, 0.3) is 0 Å². The van der Waals surface area contributed by atoms with Crippen molar-refractivity contribution >= 4 is 21.8 Å². The number of hydrogen-bond acceptors (Lipinski definition) is 4. The van der Waals surface area contributed by atoms with E-state index in [1.165, 1.54) is 0 Å². The molecule has 0 bridgehead atoms. The SMILES string of the molecule is CC(Oc1ccccc1Br)C(=O)N1CCC(OCCCN)CC1. The van der Waals surface area contributed by atoms with Crippen LogP contribution in [0.4, 0.5) is 0 Å². The second kappa shape index (κ2) is 9.25. The summed E-state index contributed by atoms with van der Waals surface area (Å²) in [6.45, 7) is 4.59. The molecule has 1 heterocycles. The van der Waals surface area contributed by atoms with Crippen LogP contribution in [0.3, 0.4) is 0 Å². The molecule has 1 amide bonds. The van der Waals surface area contributed by atoms with E-state index in [2.05, 4.69) is 15.9 Å². The number of benzene rings is 1. The molecule has 128 valence electrons. The Kier molecular flexibility index (Phi) is 7.33. The highest BCUT2D eigenvalue weighted by Crippen LogP contribution is 2.25. The van der Waals surface area contributed by atoms with E-state index < -0.39 is 6.10 Å². The maximum atomic E-state index is 12.5. The van der Waals surface area contributed by atoms with Gasteiger partial charge >= 0.3 is 0 Å². The standard InChI is InChI=1S/C17H25BrN2O3/c1-13(23-16-6-3-2-5-15(16)18)17(21)20-10-7-14(8-11-20)22-12-4-9-19/h2-3,5-6,13-14H,4,7-12,19H2,1H3. The van der Waals surface area contributed by atoms with E-state index >= 15 is 0 Å². The van der Waals surface area contributed by atoms with Gasteiger partial charge in [-0.05, 0) is 60.8 Å². The van der Waals surface area contributed by atoms with E-state index in [0.717, 1.165) is 36.8 Å². The van der Waals surface area contributed by atoms with Gasteiger partial charge in [0.15, 0.2) is 6.10 Å². The number of para-hydroxylation sites is 1. The van der Waals surface area contributed by atoms with E-state index in [-0.39, 0.29) is 12.0 Å². The lowest BCUT2D eigenvalue weighted by atomic mass is 10.1. The van der Waals surface area contributed by atoms with Gasteiger partial charge in [-0.15, -0.1) is 0 Å². The van der Waals surface area contributed by atoms with Gasteiger partial charge in [0.2, 0.25) is 0 Å². The first kappa shape index (κ1) is 18.2. The highest BCUT2D eigenvalue weighted by atomic mass is 79.9. The van der Waals surface area contributed by atoms with Crippen LogP contribution in [-0.2, 0) is 9.53 Å². The normalized spacial score (nSPS) is 17.1. The van der Waals surface area contributed by atoms with Crippen molar-refractivity contribution in [2.24, 2.45) is 5.73 Å². The molecule has 1 aliphatic heterocycles. The van der Waals surface area contributed by atoms with Crippen LogP contribution in [0.1, 0.15) is 26.2 Å². The molecule has 1 aromatic carbocycles. The molecule has 2 rings (SSSR count). The van der Waals surface area contributed by atoms with Crippen LogP contribution in [-0.4, -0.2) is 49.3 Å². The van der Waals surface area contributed by atoms with Gasteiger partial charge in [-0.3, -0.25) is 4.79 Å². The summed E-state index contributed by atoms with van der Waals surface area (Å²) in [5, 5.41) is 0. The first-order valence-corrected chi connectivity index (χ1v) is 8.92. The molecule has 1 fully saturated rings. The zero-order chi connectivity index (χ0) is 16.7. The molecule has 1 atom stereocenters. The smallest absolute Gasteiger partial charge is 0.263 e. The largest absolute Gasteiger partial charge is 0.480 e. The van der Waals surface area contributed by atoms with Crippen LogP contribution >= 0.6 is 15.9 Å². The van der Waals surface area contributed by atoms with Crippen LogP contribution in [0.15, 0.2) is 28.7 Å². The Bertz CT molecular complexity index is 504. The summed E-state index contributed by atoms with van der Waals surface area (Å²) in [5.74, 6) is 0.717. The summed E-state index contributed by atoms with van der Waals surface area (Å²) in [5.41, 5.74) is 5.46. The predicted molar refractivity (Wildman–Crippen MR) is 93.5 cm³/mol. The van der Waals surface area contributed by atoms with E-state index in [1.807, 2.05) is 29.2 Å². The second-order valence-corrected chi connectivity index (χ2v) is 6.58. The lowest BCUT2D eigenvalue weighted by Gasteiger charge is -2.33. The van der Waals surface area contributed by atoms with Gasteiger partial charge in [0.1, 0.15) is 5.75 Å². The average molecular weight is 385 g/mol. The quantitative estimate of drug-likeness (QED) is 0.733. The minimum atomic E-state index is -0.497. The molecule has 0 aliphatic carbocycles. The average Bonchev–Trinajstić information content (AvgIpc) is 2.57. The number of amides is 1. The number of halogens is 1. The first-order chi connectivity index (χ1) is 11.1. The Hall–Kier alpha value is -1.11. The minimum Gasteiger partial charge on any atom is -0.480 e. The van der Waals surface area contributed by atoms with Crippen LogP contribution in [0.2, 0.25) is 0 Å². The van der Waals surface area contributed by atoms with Crippen molar-refractivity contribution in [2.75, 3.05) is 26.2 Å². The van der Waals surface area contributed by atoms with Crippen LogP contribution in [0, 0.1) is 0 Å². The Morgan fingerprint density at radius 1 is 1.39 bits per heavy atom. The molecule has 6 heteroatoms. The molecular formula is C17H25BrN2O3. The molecule has 1 saturated heterocycles.